The number of esters is 1. The molecule has 0 atom stereocenters. The number of rotatable bonds is 9. The van der Waals surface area contributed by atoms with Crippen molar-refractivity contribution in [3.8, 4) is 0 Å². The van der Waals surface area contributed by atoms with E-state index in [1.165, 1.54) is 17.0 Å². The van der Waals surface area contributed by atoms with Gasteiger partial charge in [0.1, 0.15) is 17.0 Å². The van der Waals surface area contributed by atoms with Crippen LogP contribution in [0.15, 0.2) is 84.9 Å². The maximum atomic E-state index is 14.3. The molecule has 0 radical (unpaired) electrons. The third-order valence-corrected chi connectivity index (χ3v) is 7.65. The predicted octanol–water partition coefficient (Wildman–Crippen LogP) is 6.67. The summed E-state index contributed by atoms with van der Waals surface area (Å²) in [5.41, 5.74) is -1.10. The monoisotopic (exact) mass is 614 g/mol. The Morgan fingerprint density at radius 3 is 1.86 bits per heavy atom. The molecule has 1 saturated carbocycles. The highest BCUT2D eigenvalue weighted by Gasteiger charge is 2.58. The minimum Gasteiger partial charge on any atom is -0.460 e. The lowest BCUT2D eigenvalue weighted by Gasteiger charge is -2.52. The molecule has 3 aromatic rings. The molecule has 2 amide bonds. The molecule has 1 aliphatic carbocycles. The van der Waals surface area contributed by atoms with Gasteiger partial charge in [-0.3, -0.25) is 14.4 Å². The van der Waals surface area contributed by atoms with E-state index in [-0.39, 0.29) is 19.4 Å². The molecule has 3 aromatic carbocycles. The Balaban J connectivity index is 1.71. The van der Waals surface area contributed by atoms with Gasteiger partial charge < -0.3 is 15.0 Å². The number of carbonyl (C=O) groups is 3. The van der Waals surface area contributed by atoms with Gasteiger partial charge in [-0.2, -0.15) is 13.2 Å². The van der Waals surface area contributed by atoms with Gasteiger partial charge in [-0.25, -0.2) is 0 Å². The van der Waals surface area contributed by atoms with Crippen molar-refractivity contribution in [1.29, 1.82) is 0 Å². The summed E-state index contributed by atoms with van der Waals surface area (Å²) in [6, 6.07) is 22.4. The van der Waals surface area contributed by atoms with E-state index in [1.807, 2.05) is 60.7 Å². The average molecular weight is 615 g/mol. The van der Waals surface area contributed by atoms with Crippen molar-refractivity contribution in [2.45, 2.75) is 63.5 Å². The zero-order valence-electron chi connectivity index (χ0n) is 24.2. The summed E-state index contributed by atoms with van der Waals surface area (Å²) in [5.74, 6) is -2.72. The molecule has 4 rings (SSSR count). The minimum absolute atomic E-state index is 0.0344. The number of hydrogen-bond acceptors (Lipinski definition) is 4. The summed E-state index contributed by atoms with van der Waals surface area (Å²) in [5, 5.41) is 3.10. The first-order valence-electron chi connectivity index (χ1n) is 13.9. The number of alkyl halides is 4. The van der Waals surface area contributed by atoms with Crippen molar-refractivity contribution < 1.29 is 32.3 Å². The molecule has 0 heterocycles. The number of ether oxygens (including phenoxy) is 1. The number of halogens is 4. The van der Waals surface area contributed by atoms with Crippen LogP contribution in [0.4, 0.5) is 13.2 Å². The van der Waals surface area contributed by atoms with Gasteiger partial charge in [0, 0.05) is 6.54 Å². The first-order valence-corrected chi connectivity index (χ1v) is 14.4. The SMILES string of the molecule is CC(C)(C)OC(=O)C1CC(C(=O)NC(c2ccccc2)c2ccccc2)(N(Cc2ccc(C(F)(F)F)cc2)C(=O)CCl)C1. The molecular formula is C33H34ClF3N2O4. The van der Waals surface area contributed by atoms with Crippen LogP contribution in [-0.4, -0.2) is 39.7 Å². The molecule has 6 nitrogen and oxygen atoms in total. The van der Waals surface area contributed by atoms with Crippen LogP contribution in [-0.2, 0) is 31.8 Å². The first kappa shape index (κ1) is 32.1. The summed E-state index contributed by atoms with van der Waals surface area (Å²) < 4.78 is 45.1. The highest BCUT2D eigenvalue weighted by Crippen LogP contribution is 2.46. The van der Waals surface area contributed by atoms with Crippen molar-refractivity contribution in [2.24, 2.45) is 5.92 Å². The molecule has 0 bridgehead atoms. The Bertz CT molecular complexity index is 1380. The highest BCUT2D eigenvalue weighted by atomic mass is 35.5. The smallest absolute Gasteiger partial charge is 0.416 e. The molecule has 1 fully saturated rings. The zero-order valence-corrected chi connectivity index (χ0v) is 24.9. The van der Waals surface area contributed by atoms with Gasteiger partial charge in [-0.15, -0.1) is 11.6 Å². The second kappa shape index (κ2) is 12.8. The summed E-state index contributed by atoms with van der Waals surface area (Å²) in [6.45, 7) is 5.03. The van der Waals surface area contributed by atoms with Crippen LogP contribution in [0.2, 0.25) is 0 Å². The Morgan fingerprint density at radius 1 is 0.907 bits per heavy atom. The van der Waals surface area contributed by atoms with Crippen LogP contribution >= 0.6 is 11.6 Å². The molecular weight excluding hydrogens is 581 g/mol. The van der Waals surface area contributed by atoms with E-state index in [9.17, 15) is 27.6 Å². The molecule has 228 valence electrons. The topological polar surface area (TPSA) is 75.7 Å². The Morgan fingerprint density at radius 2 is 1.42 bits per heavy atom. The molecule has 0 aromatic heterocycles. The Hall–Kier alpha value is -3.85. The molecule has 0 spiro atoms. The van der Waals surface area contributed by atoms with Gasteiger partial charge in [0.05, 0.1) is 17.5 Å². The molecule has 0 aliphatic heterocycles. The maximum absolute atomic E-state index is 14.3. The summed E-state index contributed by atoms with van der Waals surface area (Å²) >= 11 is 6.01. The maximum Gasteiger partial charge on any atom is 0.416 e. The number of amides is 2. The van der Waals surface area contributed by atoms with Crippen LogP contribution in [0.3, 0.4) is 0 Å². The largest absolute Gasteiger partial charge is 0.460 e. The van der Waals surface area contributed by atoms with Crippen LogP contribution in [0.25, 0.3) is 0 Å². The predicted molar refractivity (Wildman–Crippen MR) is 157 cm³/mol. The summed E-state index contributed by atoms with van der Waals surface area (Å²) in [4.78, 5) is 41.9. The van der Waals surface area contributed by atoms with Gasteiger partial charge in [-0.1, -0.05) is 72.8 Å². The standard InChI is InChI=1S/C33H34ClF3N2O4/c1-31(2,3)43-29(41)25-18-32(19-25,39(27(40)20-34)21-22-14-16-26(17-15-22)33(35,36)37)30(42)38-28(23-10-6-4-7-11-23)24-12-8-5-9-13-24/h4-17,25,28H,18-21H2,1-3H3,(H,38,42). The van der Waals surface area contributed by atoms with Crippen molar-refractivity contribution in [1.82, 2.24) is 10.2 Å². The number of carbonyl (C=O) groups excluding carboxylic acids is 3. The minimum atomic E-state index is -4.52. The van der Waals surface area contributed by atoms with Crippen molar-refractivity contribution in [3.05, 3.63) is 107 Å². The molecule has 0 unspecified atom stereocenters. The third-order valence-electron chi connectivity index (χ3n) is 7.43. The quantitative estimate of drug-likeness (QED) is 0.216. The molecule has 43 heavy (non-hydrogen) atoms. The fourth-order valence-electron chi connectivity index (χ4n) is 5.28. The van der Waals surface area contributed by atoms with E-state index in [1.54, 1.807) is 20.8 Å². The van der Waals surface area contributed by atoms with Gasteiger partial charge in [0.25, 0.3) is 0 Å². The van der Waals surface area contributed by atoms with E-state index in [2.05, 4.69) is 5.32 Å². The highest BCUT2D eigenvalue weighted by molar-refractivity contribution is 6.27. The van der Waals surface area contributed by atoms with E-state index in [4.69, 9.17) is 16.3 Å². The van der Waals surface area contributed by atoms with Gasteiger partial charge in [0.15, 0.2) is 0 Å². The second-order valence-electron chi connectivity index (χ2n) is 11.7. The molecule has 1 aliphatic rings. The Labute approximate surface area is 254 Å². The van der Waals surface area contributed by atoms with Gasteiger partial charge in [0.2, 0.25) is 11.8 Å². The molecule has 10 heteroatoms. The molecule has 1 N–H and O–H groups in total. The van der Waals surface area contributed by atoms with Crippen molar-refractivity contribution >= 4 is 29.4 Å². The number of benzene rings is 3. The van der Waals surface area contributed by atoms with E-state index in [0.29, 0.717) is 5.56 Å². The zero-order chi connectivity index (χ0) is 31.4. The van der Waals surface area contributed by atoms with E-state index in [0.717, 1.165) is 23.3 Å². The average Bonchev–Trinajstić information content (AvgIpc) is 2.94. The second-order valence-corrected chi connectivity index (χ2v) is 12.0. The van der Waals surface area contributed by atoms with Gasteiger partial charge in [-0.05, 0) is 62.4 Å². The van der Waals surface area contributed by atoms with Gasteiger partial charge >= 0.3 is 12.1 Å². The number of nitrogens with one attached hydrogen (secondary N) is 1. The van der Waals surface area contributed by atoms with Crippen LogP contribution in [0, 0.1) is 5.92 Å². The number of nitrogens with zero attached hydrogens (tertiary/aromatic N) is 1. The summed E-state index contributed by atoms with van der Waals surface area (Å²) in [6.07, 6.45) is -4.59. The fourth-order valence-corrected chi connectivity index (χ4v) is 5.43. The summed E-state index contributed by atoms with van der Waals surface area (Å²) in [7, 11) is 0. The third kappa shape index (κ3) is 7.57. The lowest BCUT2D eigenvalue weighted by molar-refractivity contribution is -0.176. The van der Waals surface area contributed by atoms with Crippen molar-refractivity contribution in [2.75, 3.05) is 5.88 Å². The first-order chi connectivity index (χ1) is 20.2. The molecule has 0 saturated heterocycles. The fraction of sp³-hybridized carbons (Fsp3) is 0.364. The van der Waals surface area contributed by atoms with Crippen LogP contribution < -0.4 is 5.32 Å². The lowest BCUT2D eigenvalue weighted by Crippen LogP contribution is -2.68. The van der Waals surface area contributed by atoms with Crippen LogP contribution in [0.1, 0.15) is 61.9 Å². The van der Waals surface area contributed by atoms with Crippen molar-refractivity contribution in [3.63, 3.8) is 0 Å². The normalized spacial score (nSPS) is 18.5. The number of hydrogen-bond donors (Lipinski definition) is 1. The van der Waals surface area contributed by atoms with Crippen LogP contribution in [0.5, 0.6) is 0 Å². The van der Waals surface area contributed by atoms with E-state index < -0.39 is 58.5 Å². The van der Waals surface area contributed by atoms with E-state index >= 15 is 0 Å². The Kier molecular flexibility index (Phi) is 9.54. The lowest BCUT2D eigenvalue weighted by atomic mass is 9.66.